The fraction of sp³-hybridized carbons (Fsp3) is 0.300. The summed E-state index contributed by atoms with van der Waals surface area (Å²) < 4.78 is 29.5. The molecule has 0 saturated carbocycles. The highest BCUT2D eigenvalue weighted by Gasteiger charge is 2.18. The number of sulfonamides is 1. The Morgan fingerprint density at radius 2 is 2.28 bits per heavy atom. The quantitative estimate of drug-likeness (QED) is 0.918. The Labute approximate surface area is 118 Å². The van der Waals surface area contributed by atoms with Gasteiger partial charge < -0.3 is 0 Å². The Kier molecular flexibility index (Phi) is 3.90. The van der Waals surface area contributed by atoms with E-state index in [1.54, 1.807) is 30.1 Å². The number of halogens is 1. The van der Waals surface area contributed by atoms with Crippen LogP contribution in [0.2, 0.25) is 0 Å². The lowest BCUT2D eigenvalue weighted by Crippen LogP contribution is -2.23. The molecule has 0 aromatic carbocycles. The minimum absolute atomic E-state index is 0.230. The molecule has 0 bridgehead atoms. The van der Waals surface area contributed by atoms with Crippen LogP contribution in [0.15, 0.2) is 26.3 Å². The monoisotopic (exact) mass is 349 g/mol. The summed E-state index contributed by atoms with van der Waals surface area (Å²) in [5, 5.41) is 3.99. The van der Waals surface area contributed by atoms with Crippen molar-refractivity contribution >= 4 is 37.3 Å². The van der Waals surface area contributed by atoms with E-state index in [4.69, 9.17) is 0 Å². The molecule has 0 spiro atoms. The van der Waals surface area contributed by atoms with Gasteiger partial charge in [0.25, 0.3) is 0 Å². The molecule has 2 aromatic rings. The molecule has 0 aliphatic heterocycles. The first-order valence-corrected chi connectivity index (χ1v) is 8.22. The highest BCUT2D eigenvalue weighted by molar-refractivity contribution is 9.11. The second kappa shape index (κ2) is 5.12. The number of aromatic nitrogens is 2. The van der Waals surface area contributed by atoms with Gasteiger partial charge >= 0.3 is 0 Å². The summed E-state index contributed by atoms with van der Waals surface area (Å²) >= 11 is 4.53. The Morgan fingerprint density at radius 1 is 1.56 bits per heavy atom. The molecule has 0 amide bonds. The van der Waals surface area contributed by atoms with Crippen LogP contribution in [0, 0.1) is 6.92 Å². The second-order valence-electron chi connectivity index (χ2n) is 3.79. The van der Waals surface area contributed by atoms with Gasteiger partial charge in [0.1, 0.15) is 4.21 Å². The maximum Gasteiger partial charge on any atom is 0.250 e. The van der Waals surface area contributed by atoms with Crippen LogP contribution in [-0.2, 0) is 23.6 Å². The van der Waals surface area contributed by atoms with Crippen molar-refractivity contribution in [3.63, 3.8) is 0 Å². The topological polar surface area (TPSA) is 64.0 Å². The van der Waals surface area contributed by atoms with E-state index in [2.05, 4.69) is 25.8 Å². The Bertz CT molecular complexity index is 641. The summed E-state index contributed by atoms with van der Waals surface area (Å²) in [6, 6.07) is 3.43. The summed E-state index contributed by atoms with van der Waals surface area (Å²) in [6.07, 6.45) is 1.63. The van der Waals surface area contributed by atoms with Gasteiger partial charge in [-0.25, -0.2) is 13.1 Å². The SMILES string of the molecule is Cc1cc(S(=O)(=O)NCc2ccnn2C)sc1Br. The molecule has 98 valence electrons. The second-order valence-corrected chi connectivity index (χ2v) is 8.16. The third kappa shape index (κ3) is 2.82. The first-order valence-electron chi connectivity index (χ1n) is 5.12. The van der Waals surface area contributed by atoms with E-state index >= 15 is 0 Å². The van der Waals surface area contributed by atoms with Gasteiger partial charge in [-0.2, -0.15) is 5.10 Å². The number of thiophene rings is 1. The average molecular weight is 350 g/mol. The van der Waals surface area contributed by atoms with Crippen LogP contribution in [0.25, 0.3) is 0 Å². The summed E-state index contributed by atoms with van der Waals surface area (Å²) in [4.78, 5) is 0. The van der Waals surface area contributed by atoms with E-state index in [9.17, 15) is 8.42 Å². The zero-order valence-corrected chi connectivity index (χ0v) is 13.1. The van der Waals surface area contributed by atoms with E-state index in [-0.39, 0.29) is 6.54 Å². The molecule has 0 fully saturated rings. The van der Waals surface area contributed by atoms with Crippen LogP contribution < -0.4 is 4.72 Å². The van der Waals surface area contributed by atoms with Crippen LogP contribution in [0.1, 0.15) is 11.3 Å². The van der Waals surface area contributed by atoms with Crippen LogP contribution in [0.5, 0.6) is 0 Å². The highest BCUT2D eigenvalue weighted by atomic mass is 79.9. The van der Waals surface area contributed by atoms with Crippen molar-refractivity contribution in [1.29, 1.82) is 0 Å². The zero-order valence-electron chi connectivity index (χ0n) is 9.84. The average Bonchev–Trinajstić information content (AvgIpc) is 2.84. The molecule has 5 nitrogen and oxygen atoms in total. The smallest absolute Gasteiger partial charge is 0.250 e. The van der Waals surface area contributed by atoms with Crippen molar-refractivity contribution in [2.24, 2.45) is 7.05 Å². The van der Waals surface area contributed by atoms with Gasteiger partial charge in [-0.05, 0) is 40.5 Å². The normalized spacial score (nSPS) is 11.9. The van der Waals surface area contributed by atoms with Gasteiger partial charge in [-0.3, -0.25) is 4.68 Å². The molecular formula is C10H12BrN3O2S2. The minimum atomic E-state index is -3.46. The number of aryl methyl sites for hydroxylation is 2. The molecule has 0 atom stereocenters. The molecule has 2 aromatic heterocycles. The number of rotatable bonds is 4. The molecule has 18 heavy (non-hydrogen) atoms. The van der Waals surface area contributed by atoms with Gasteiger partial charge in [0.15, 0.2) is 0 Å². The summed E-state index contributed by atoms with van der Waals surface area (Å²) in [7, 11) is -1.68. The van der Waals surface area contributed by atoms with Crippen LogP contribution in [-0.4, -0.2) is 18.2 Å². The number of hydrogen-bond donors (Lipinski definition) is 1. The van der Waals surface area contributed by atoms with E-state index in [1.807, 2.05) is 6.92 Å². The van der Waals surface area contributed by atoms with Gasteiger partial charge in [0.2, 0.25) is 10.0 Å². The maximum absolute atomic E-state index is 12.1. The number of hydrogen-bond acceptors (Lipinski definition) is 4. The third-order valence-electron chi connectivity index (χ3n) is 2.47. The molecule has 0 unspecified atom stereocenters. The summed E-state index contributed by atoms with van der Waals surface area (Å²) in [6.45, 7) is 2.09. The van der Waals surface area contributed by atoms with Crippen molar-refractivity contribution in [1.82, 2.24) is 14.5 Å². The molecule has 0 aliphatic carbocycles. The summed E-state index contributed by atoms with van der Waals surface area (Å²) in [5.74, 6) is 0. The van der Waals surface area contributed by atoms with E-state index in [0.29, 0.717) is 4.21 Å². The van der Waals surface area contributed by atoms with E-state index in [1.165, 1.54) is 11.3 Å². The predicted octanol–water partition coefficient (Wildman–Crippen LogP) is 2.03. The fourth-order valence-electron chi connectivity index (χ4n) is 1.38. The molecule has 0 radical (unpaired) electrons. The first-order chi connectivity index (χ1) is 8.40. The molecule has 2 heterocycles. The Hall–Kier alpha value is -0.700. The van der Waals surface area contributed by atoms with Gasteiger partial charge in [0, 0.05) is 13.2 Å². The van der Waals surface area contributed by atoms with Crippen molar-refractivity contribution in [2.75, 3.05) is 0 Å². The molecular weight excluding hydrogens is 338 g/mol. The van der Waals surface area contributed by atoms with Crippen molar-refractivity contribution < 1.29 is 8.42 Å². The van der Waals surface area contributed by atoms with Crippen molar-refractivity contribution in [3.05, 3.63) is 33.4 Å². The molecule has 2 rings (SSSR count). The highest BCUT2D eigenvalue weighted by Crippen LogP contribution is 2.30. The fourth-order valence-corrected chi connectivity index (χ4v) is 4.65. The van der Waals surface area contributed by atoms with E-state index < -0.39 is 10.0 Å². The van der Waals surface area contributed by atoms with Gasteiger partial charge in [-0.15, -0.1) is 11.3 Å². The zero-order chi connectivity index (χ0) is 13.3. The Morgan fingerprint density at radius 3 is 2.78 bits per heavy atom. The third-order valence-corrected chi connectivity index (χ3v) is 6.48. The predicted molar refractivity (Wildman–Crippen MR) is 74.0 cm³/mol. The molecule has 0 aliphatic rings. The van der Waals surface area contributed by atoms with Crippen LogP contribution >= 0.6 is 27.3 Å². The van der Waals surface area contributed by atoms with Crippen LogP contribution in [0.4, 0.5) is 0 Å². The molecule has 8 heteroatoms. The van der Waals surface area contributed by atoms with Gasteiger partial charge in [-0.1, -0.05) is 0 Å². The largest absolute Gasteiger partial charge is 0.271 e. The first kappa shape index (κ1) is 13.7. The van der Waals surface area contributed by atoms with Crippen molar-refractivity contribution in [3.8, 4) is 0 Å². The summed E-state index contributed by atoms with van der Waals surface area (Å²) in [5.41, 5.74) is 1.73. The minimum Gasteiger partial charge on any atom is -0.271 e. The van der Waals surface area contributed by atoms with Gasteiger partial charge in [0.05, 0.1) is 16.0 Å². The Balaban J connectivity index is 2.15. The molecule has 1 N–H and O–H groups in total. The van der Waals surface area contributed by atoms with Crippen LogP contribution in [0.3, 0.4) is 0 Å². The maximum atomic E-state index is 12.1. The lowest BCUT2D eigenvalue weighted by molar-refractivity contribution is 0.579. The molecule has 0 saturated heterocycles. The number of nitrogens with zero attached hydrogens (tertiary/aromatic N) is 2. The lowest BCUT2D eigenvalue weighted by Gasteiger charge is -2.04. The van der Waals surface area contributed by atoms with Crippen molar-refractivity contribution in [2.45, 2.75) is 17.7 Å². The standard InChI is InChI=1S/C10H12BrN3O2S2/c1-7-5-9(17-10(7)11)18(15,16)13-6-8-3-4-12-14(8)2/h3-5,13H,6H2,1-2H3. The number of nitrogens with one attached hydrogen (secondary N) is 1. The lowest BCUT2D eigenvalue weighted by atomic mass is 10.4. The van der Waals surface area contributed by atoms with E-state index in [0.717, 1.165) is 15.0 Å².